The van der Waals surface area contributed by atoms with Crippen molar-refractivity contribution >= 4 is 21.9 Å². The first-order valence-corrected chi connectivity index (χ1v) is 7.51. The summed E-state index contributed by atoms with van der Waals surface area (Å²) in [6.07, 6.45) is -0.650. The summed E-state index contributed by atoms with van der Waals surface area (Å²) in [7, 11) is 0. The molecule has 0 fully saturated rings. The molecule has 1 aromatic rings. The topological polar surface area (TPSA) is 89.7 Å². The molecule has 122 valence electrons. The highest BCUT2D eigenvalue weighted by Gasteiger charge is 2.49. The lowest BCUT2D eigenvalue weighted by molar-refractivity contribution is -0.497. The lowest BCUT2D eigenvalue weighted by Gasteiger charge is -2.28. The Morgan fingerprint density at radius 1 is 1.50 bits per heavy atom. The van der Waals surface area contributed by atoms with Crippen molar-refractivity contribution in [3.8, 4) is 0 Å². The van der Waals surface area contributed by atoms with Crippen molar-refractivity contribution in [1.82, 2.24) is 0 Å². The van der Waals surface area contributed by atoms with Gasteiger partial charge in [0.2, 0.25) is 12.1 Å². The molecular weight excluding hydrogens is 361 g/mol. The van der Waals surface area contributed by atoms with E-state index in [1.165, 1.54) is 18.2 Å². The lowest BCUT2D eigenvalue weighted by Crippen LogP contribution is -2.54. The third kappa shape index (κ3) is 4.74. The molecule has 0 unspecified atom stereocenters. The fourth-order valence-electron chi connectivity index (χ4n) is 1.83. The van der Waals surface area contributed by atoms with Crippen molar-refractivity contribution in [2.75, 3.05) is 6.54 Å². The van der Waals surface area contributed by atoms with Gasteiger partial charge in [0.05, 0.1) is 10.9 Å². The zero-order chi connectivity index (χ0) is 16.9. The minimum absolute atomic E-state index is 0.107. The summed E-state index contributed by atoms with van der Waals surface area (Å²) in [5.74, 6) is -1.63. The SMILES string of the molecule is CC(C)OC(=O)[C@](O)(C[N+](=O)[O-])[C@H](Br)Cc1ccccc1F. The molecule has 0 amide bonds. The quantitative estimate of drug-likeness (QED) is 0.340. The Hall–Kier alpha value is -1.54. The number of alkyl halides is 1. The number of hydrogen-bond donors (Lipinski definition) is 1. The number of benzene rings is 1. The minimum atomic E-state index is -2.39. The van der Waals surface area contributed by atoms with Gasteiger partial charge < -0.3 is 9.84 Å². The first-order chi connectivity index (χ1) is 10.2. The molecule has 0 heterocycles. The summed E-state index contributed by atoms with van der Waals surface area (Å²) < 4.78 is 18.5. The van der Waals surface area contributed by atoms with Crippen molar-refractivity contribution in [3.05, 3.63) is 45.8 Å². The van der Waals surface area contributed by atoms with Gasteiger partial charge in [0.1, 0.15) is 5.82 Å². The fraction of sp³-hybridized carbons (Fsp3) is 0.500. The number of carbonyl (C=O) groups excluding carboxylic acids is 1. The molecule has 0 saturated heterocycles. The van der Waals surface area contributed by atoms with Crippen molar-refractivity contribution in [1.29, 1.82) is 0 Å². The van der Waals surface area contributed by atoms with Crippen LogP contribution in [-0.4, -0.2) is 39.1 Å². The summed E-state index contributed by atoms with van der Waals surface area (Å²) in [6.45, 7) is 2.08. The predicted octanol–water partition coefficient (Wildman–Crippen LogP) is 2.09. The largest absolute Gasteiger partial charge is 0.461 e. The lowest BCUT2D eigenvalue weighted by atomic mass is 9.94. The second-order valence-electron chi connectivity index (χ2n) is 5.13. The minimum Gasteiger partial charge on any atom is -0.461 e. The smallest absolute Gasteiger partial charge is 0.346 e. The van der Waals surface area contributed by atoms with E-state index in [1.807, 2.05) is 0 Å². The zero-order valence-corrected chi connectivity index (χ0v) is 13.7. The van der Waals surface area contributed by atoms with Crippen LogP contribution in [0.15, 0.2) is 24.3 Å². The van der Waals surface area contributed by atoms with E-state index in [0.29, 0.717) is 0 Å². The first-order valence-electron chi connectivity index (χ1n) is 6.59. The third-order valence-electron chi connectivity index (χ3n) is 2.94. The molecule has 0 spiro atoms. The summed E-state index contributed by atoms with van der Waals surface area (Å²) in [6, 6.07) is 5.80. The highest BCUT2D eigenvalue weighted by Crippen LogP contribution is 2.26. The second kappa shape index (κ2) is 7.64. The number of ether oxygens (including phenoxy) is 1. The summed E-state index contributed by atoms with van der Waals surface area (Å²) in [5, 5.41) is 21.2. The van der Waals surface area contributed by atoms with E-state index in [1.54, 1.807) is 19.9 Å². The van der Waals surface area contributed by atoms with Crippen LogP contribution in [0.3, 0.4) is 0 Å². The van der Waals surface area contributed by atoms with Crippen LogP contribution in [0.4, 0.5) is 4.39 Å². The van der Waals surface area contributed by atoms with Gasteiger partial charge in [-0.15, -0.1) is 0 Å². The van der Waals surface area contributed by atoms with E-state index in [4.69, 9.17) is 4.74 Å². The number of nitrogens with zero attached hydrogens (tertiary/aromatic N) is 1. The highest BCUT2D eigenvalue weighted by atomic mass is 79.9. The molecule has 0 aromatic heterocycles. The Morgan fingerprint density at radius 3 is 2.59 bits per heavy atom. The molecule has 0 radical (unpaired) electrons. The second-order valence-corrected chi connectivity index (χ2v) is 6.24. The van der Waals surface area contributed by atoms with Gasteiger partial charge >= 0.3 is 5.97 Å². The van der Waals surface area contributed by atoms with E-state index in [9.17, 15) is 24.4 Å². The first kappa shape index (κ1) is 18.5. The molecule has 1 rings (SSSR count). The fourth-order valence-corrected chi connectivity index (χ4v) is 2.51. The van der Waals surface area contributed by atoms with Crippen LogP contribution in [0.2, 0.25) is 0 Å². The number of halogens is 2. The molecule has 2 atom stereocenters. The van der Waals surface area contributed by atoms with E-state index in [-0.39, 0.29) is 12.0 Å². The molecule has 22 heavy (non-hydrogen) atoms. The van der Waals surface area contributed by atoms with Crippen molar-refractivity contribution in [2.45, 2.75) is 36.8 Å². The van der Waals surface area contributed by atoms with E-state index in [2.05, 4.69) is 15.9 Å². The molecule has 0 aliphatic carbocycles. The van der Waals surface area contributed by atoms with Gasteiger partial charge in [-0.05, 0) is 31.9 Å². The van der Waals surface area contributed by atoms with Crippen LogP contribution >= 0.6 is 15.9 Å². The Labute approximate surface area is 135 Å². The van der Waals surface area contributed by atoms with Gasteiger partial charge in [-0.3, -0.25) is 10.1 Å². The van der Waals surface area contributed by atoms with Crippen LogP contribution in [0.1, 0.15) is 19.4 Å². The van der Waals surface area contributed by atoms with Crippen molar-refractivity contribution in [3.63, 3.8) is 0 Å². The normalized spacial score (nSPS) is 15.2. The van der Waals surface area contributed by atoms with Crippen LogP contribution < -0.4 is 0 Å². The Balaban J connectivity index is 3.02. The van der Waals surface area contributed by atoms with Gasteiger partial charge in [0.15, 0.2) is 0 Å². The van der Waals surface area contributed by atoms with Crippen LogP contribution in [0, 0.1) is 15.9 Å². The maximum Gasteiger partial charge on any atom is 0.346 e. The number of nitro groups is 1. The van der Waals surface area contributed by atoms with Gasteiger partial charge in [-0.1, -0.05) is 34.1 Å². The van der Waals surface area contributed by atoms with E-state index >= 15 is 0 Å². The Morgan fingerprint density at radius 2 is 2.09 bits per heavy atom. The van der Waals surface area contributed by atoms with Gasteiger partial charge in [0, 0.05) is 4.92 Å². The maximum atomic E-state index is 13.7. The number of esters is 1. The molecule has 0 saturated carbocycles. The number of aliphatic hydroxyl groups is 1. The molecule has 1 aromatic carbocycles. The third-order valence-corrected chi connectivity index (χ3v) is 4.02. The van der Waals surface area contributed by atoms with Crippen LogP contribution in [0.5, 0.6) is 0 Å². The van der Waals surface area contributed by atoms with Crippen LogP contribution in [-0.2, 0) is 16.0 Å². The summed E-state index contributed by atoms with van der Waals surface area (Å²) >= 11 is 3.07. The standard InChI is InChI=1S/C14H17BrFNO5/c1-9(2)22-13(18)14(19,8-17(20)21)12(15)7-10-5-3-4-6-11(10)16/h3-6,9,12,19H,7-8H2,1-2H3/t12-,14+/m1/s1. The average Bonchev–Trinajstić information content (AvgIpc) is 2.39. The Bertz CT molecular complexity index is 554. The number of hydrogen-bond acceptors (Lipinski definition) is 5. The van der Waals surface area contributed by atoms with Crippen LogP contribution in [0.25, 0.3) is 0 Å². The maximum absolute atomic E-state index is 13.7. The van der Waals surface area contributed by atoms with Gasteiger partial charge in [-0.25, -0.2) is 9.18 Å². The molecular formula is C14H17BrFNO5. The zero-order valence-electron chi connectivity index (χ0n) is 12.2. The number of rotatable bonds is 7. The predicted molar refractivity (Wildman–Crippen MR) is 80.9 cm³/mol. The Kier molecular flexibility index (Phi) is 6.43. The molecule has 8 heteroatoms. The van der Waals surface area contributed by atoms with E-state index in [0.717, 1.165) is 0 Å². The highest BCUT2D eigenvalue weighted by molar-refractivity contribution is 9.09. The molecule has 6 nitrogen and oxygen atoms in total. The number of carbonyl (C=O) groups is 1. The summed E-state index contributed by atoms with van der Waals surface area (Å²) in [5.41, 5.74) is -2.17. The summed E-state index contributed by atoms with van der Waals surface area (Å²) in [4.78, 5) is 20.9. The molecule has 0 aliphatic rings. The molecule has 1 N–H and O–H groups in total. The molecule has 0 bridgehead atoms. The van der Waals surface area contributed by atoms with Crippen molar-refractivity contribution < 1.29 is 24.0 Å². The average molecular weight is 378 g/mol. The van der Waals surface area contributed by atoms with Crippen molar-refractivity contribution in [2.24, 2.45) is 0 Å². The monoisotopic (exact) mass is 377 g/mol. The molecule has 0 aliphatic heterocycles. The van der Waals surface area contributed by atoms with Gasteiger partial charge in [-0.2, -0.15) is 0 Å². The van der Waals surface area contributed by atoms with E-state index < -0.39 is 39.8 Å². The van der Waals surface area contributed by atoms with Gasteiger partial charge in [0.25, 0.3) is 0 Å².